The van der Waals surface area contributed by atoms with Crippen molar-refractivity contribution >= 4 is 83.6 Å². The maximum absolute atomic E-state index is 0. The Morgan fingerprint density at radius 2 is 1.00 bits per heavy atom. The van der Waals surface area contributed by atoms with E-state index in [-0.39, 0.29) is 83.6 Å². The second-order valence-corrected chi connectivity index (χ2v) is 0. The summed E-state index contributed by atoms with van der Waals surface area (Å²) in [4.78, 5) is 0. The normalized spacial score (nSPS) is 0. The third kappa shape index (κ3) is 8.83. The van der Waals surface area contributed by atoms with Crippen molar-refractivity contribution in [3.63, 3.8) is 0 Å². The minimum absolute atomic E-state index is 0. The molecule has 1 unspecified atom stereocenters. The summed E-state index contributed by atoms with van der Waals surface area (Å²) >= 11 is 0. The first kappa shape index (κ1) is 29.8. The Kier molecular flexibility index (Phi) is 128. The topological polar surface area (TPSA) is 0 Å². The number of hydrogen-bond acceptors (Lipinski definition) is 0. The zero-order valence-electron chi connectivity index (χ0n) is 2.06. The van der Waals surface area contributed by atoms with E-state index >= 15 is 0 Å². The predicted octanol–water partition coefficient (Wildman–Crippen LogP) is -2.33. The Morgan fingerprint density at radius 1 is 1.00 bits per heavy atom. The van der Waals surface area contributed by atoms with Crippen LogP contribution in [0.2, 0.25) is 0 Å². The van der Waals surface area contributed by atoms with Crippen molar-refractivity contribution in [3.8, 4) is 0 Å². The van der Waals surface area contributed by atoms with Crippen molar-refractivity contribution in [2.24, 2.45) is 0 Å². The zero-order valence-corrected chi connectivity index (χ0v) is 12.0. The van der Waals surface area contributed by atoms with E-state index in [1.165, 1.54) is 0 Å². The molecule has 4 heavy (non-hydrogen) atoms. The molecule has 0 aliphatic carbocycles. The Labute approximate surface area is 82.3 Å². The summed E-state index contributed by atoms with van der Waals surface area (Å²) in [6.45, 7) is 0. The molecule has 9 radical (unpaired) electrons. The van der Waals surface area contributed by atoms with Crippen LogP contribution in [-0.2, 0) is 0 Å². The average Bonchev–Trinajstić information content (AvgIpc) is 0. The maximum atomic E-state index is 0. The second-order valence-electron chi connectivity index (χ2n) is 0. The summed E-state index contributed by atoms with van der Waals surface area (Å²) < 4.78 is 0. The summed E-state index contributed by atoms with van der Waals surface area (Å²) in [7, 11) is 0. The minimum Gasteiger partial charge on any atom is 0 e. The predicted molar refractivity (Wildman–Crippen MR) is 27.2 cm³/mol. The molecule has 0 nitrogen and oxygen atoms in total. The summed E-state index contributed by atoms with van der Waals surface area (Å²) in [5.41, 5.74) is 0. The molecule has 0 saturated heterocycles. The fourth-order valence-electron chi connectivity index (χ4n) is 0. The van der Waals surface area contributed by atoms with Gasteiger partial charge in [-0.05, 0) is 0 Å². The van der Waals surface area contributed by atoms with Crippen LogP contribution in [-0.4, -0.2) is 83.6 Å². The number of rotatable bonds is 0. The first-order valence-electron chi connectivity index (χ1n) is 0. The molecule has 0 bridgehead atoms. The monoisotopic (exact) mass is 403 g/mol. The molecule has 23 valence electrons. The summed E-state index contributed by atoms with van der Waals surface area (Å²) in [6, 6.07) is 0. The molecule has 0 aliphatic rings. The first-order chi connectivity index (χ1) is 0. The van der Waals surface area contributed by atoms with E-state index in [1.54, 1.807) is 0 Å². The fraction of sp³-hybridized carbons (Fsp3) is 0. The van der Waals surface area contributed by atoms with Crippen LogP contribution in [0.15, 0.2) is 0 Å². The molecule has 0 aromatic rings. The van der Waals surface area contributed by atoms with Crippen molar-refractivity contribution < 1.29 is 0 Å². The van der Waals surface area contributed by atoms with E-state index in [2.05, 4.69) is 0 Å². The summed E-state index contributed by atoms with van der Waals surface area (Å²) in [6.07, 6.45) is 0. The van der Waals surface area contributed by atoms with Crippen molar-refractivity contribution in [1.82, 2.24) is 0 Å². The smallest absolute Gasteiger partial charge is 0 e. The fourth-order valence-corrected chi connectivity index (χ4v) is 0. The van der Waals surface area contributed by atoms with Gasteiger partial charge in [0.05, 0.1) is 0 Å². The van der Waals surface area contributed by atoms with Gasteiger partial charge in [0.25, 0.3) is 0 Å². The molecule has 4 heteroatoms. The molecular formula is H3AsGeSbTe. The largest absolute Gasteiger partial charge is 0 e. The molecule has 0 spiro atoms. The molecule has 0 aromatic carbocycles. The van der Waals surface area contributed by atoms with Gasteiger partial charge < -0.3 is 0 Å². The molecule has 0 fully saturated rings. The van der Waals surface area contributed by atoms with Crippen LogP contribution in [0.4, 0.5) is 0 Å². The second kappa shape index (κ2) is 17.3. The van der Waals surface area contributed by atoms with Crippen molar-refractivity contribution in [3.05, 3.63) is 0 Å². The average molecular weight is 400 g/mol. The molecule has 0 rings (SSSR count). The van der Waals surface area contributed by atoms with Crippen molar-refractivity contribution in [1.29, 1.82) is 0 Å². The molecule has 1 atom stereocenters. The van der Waals surface area contributed by atoms with Crippen molar-refractivity contribution in [2.75, 3.05) is 0 Å². The van der Waals surface area contributed by atoms with Crippen LogP contribution < -0.4 is 0 Å². The van der Waals surface area contributed by atoms with E-state index in [0.717, 1.165) is 0 Å². The first-order valence-corrected chi connectivity index (χ1v) is 0. The van der Waals surface area contributed by atoms with Crippen LogP contribution in [0.25, 0.3) is 0 Å². The Bertz CT molecular complexity index is 8.00. The van der Waals surface area contributed by atoms with Gasteiger partial charge in [-0.2, -0.15) is 0 Å². The van der Waals surface area contributed by atoms with E-state index in [4.69, 9.17) is 0 Å². The van der Waals surface area contributed by atoms with E-state index in [1.807, 2.05) is 0 Å². The Morgan fingerprint density at radius 3 is 1.00 bits per heavy atom. The molecule has 0 aliphatic heterocycles. The summed E-state index contributed by atoms with van der Waals surface area (Å²) in [5.74, 6) is 0. The minimum atomic E-state index is 0. The van der Waals surface area contributed by atoms with E-state index in [0.29, 0.717) is 0 Å². The Balaban J connectivity index is 0. The van der Waals surface area contributed by atoms with Crippen LogP contribution in [0.1, 0.15) is 0 Å². The van der Waals surface area contributed by atoms with Gasteiger partial charge in [0.15, 0.2) is 0 Å². The molecule has 0 saturated carbocycles. The molecule has 0 aromatic heterocycles. The van der Waals surface area contributed by atoms with Crippen molar-refractivity contribution in [2.45, 2.75) is 0 Å². The van der Waals surface area contributed by atoms with Crippen LogP contribution in [0.5, 0.6) is 0 Å². The van der Waals surface area contributed by atoms with Gasteiger partial charge in [-0.3, -0.25) is 0 Å². The Hall–Kier alpha value is 2.71. The SMILES string of the molecule is [AsH3].[Ge].[Sb].[Te]. The quantitative estimate of drug-likeness (QED) is 0.401. The molecule has 0 N–H and O–H groups in total. The maximum Gasteiger partial charge on any atom is 0 e. The van der Waals surface area contributed by atoms with E-state index in [9.17, 15) is 0 Å². The zero-order chi connectivity index (χ0) is 0. The van der Waals surface area contributed by atoms with Gasteiger partial charge in [-0.25, -0.2) is 0 Å². The van der Waals surface area contributed by atoms with Crippen LogP contribution >= 0.6 is 0 Å². The van der Waals surface area contributed by atoms with Gasteiger partial charge in [0, 0.05) is 65.7 Å². The molecule has 0 amide bonds. The third-order valence-electron chi connectivity index (χ3n) is 0. The molecule has 0 heterocycles. The van der Waals surface area contributed by atoms with E-state index < -0.39 is 0 Å². The van der Waals surface area contributed by atoms with Gasteiger partial charge in [0.1, 0.15) is 0 Å². The number of hydrogen-bond donors (Lipinski definition) is 0. The van der Waals surface area contributed by atoms with Gasteiger partial charge in [-0.1, -0.05) is 0 Å². The summed E-state index contributed by atoms with van der Waals surface area (Å²) in [5, 5.41) is 0. The third-order valence-corrected chi connectivity index (χ3v) is 0. The van der Waals surface area contributed by atoms with Crippen LogP contribution in [0.3, 0.4) is 0 Å². The standard InChI is InChI=1S/AsH3.Ge.Sb.Te/h1H3;;;. The van der Waals surface area contributed by atoms with Gasteiger partial charge >= 0.3 is 18.0 Å². The molecular weight excluding hydrogens is 397 g/mol. The van der Waals surface area contributed by atoms with Crippen LogP contribution in [0, 0.1) is 0 Å². The van der Waals surface area contributed by atoms with Gasteiger partial charge in [-0.15, -0.1) is 0 Å². The van der Waals surface area contributed by atoms with Gasteiger partial charge in [0.2, 0.25) is 0 Å².